The first kappa shape index (κ1) is 10.6. The van der Waals surface area contributed by atoms with Gasteiger partial charge in [0, 0.05) is 5.02 Å². The quantitative estimate of drug-likeness (QED) is 0.678. The summed E-state index contributed by atoms with van der Waals surface area (Å²) in [6, 6.07) is 8.96. The second-order valence-electron chi connectivity index (χ2n) is 3.78. The fourth-order valence-corrected chi connectivity index (χ4v) is 1.55. The predicted octanol–water partition coefficient (Wildman–Crippen LogP) is 4.12. The molecule has 0 saturated carbocycles. The lowest BCUT2D eigenvalue weighted by molar-refractivity contribution is 0.556. The van der Waals surface area contributed by atoms with Gasteiger partial charge in [0.25, 0.3) is 0 Å². The lowest BCUT2D eigenvalue weighted by Crippen LogP contribution is -1.91. The molecular weight excluding hydrogens is 180 g/mol. The summed E-state index contributed by atoms with van der Waals surface area (Å²) in [5, 5.41) is 0.853. The van der Waals surface area contributed by atoms with Crippen LogP contribution in [-0.2, 0) is 6.42 Å². The highest BCUT2D eigenvalue weighted by atomic mass is 35.5. The first-order valence-electron chi connectivity index (χ1n) is 4.85. The van der Waals surface area contributed by atoms with Crippen LogP contribution < -0.4 is 0 Å². The van der Waals surface area contributed by atoms with Crippen LogP contribution in [0.2, 0.25) is 5.02 Å². The van der Waals surface area contributed by atoms with Crippen molar-refractivity contribution < 1.29 is 0 Å². The number of benzene rings is 1. The molecule has 0 atom stereocenters. The second kappa shape index (κ2) is 5.29. The van der Waals surface area contributed by atoms with Crippen LogP contribution in [0.5, 0.6) is 0 Å². The van der Waals surface area contributed by atoms with Crippen molar-refractivity contribution in [1.29, 1.82) is 0 Å². The third-order valence-electron chi connectivity index (χ3n) is 2.09. The Kier molecular flexibility index (Phi) is 4.31. The van der Waals surface area contributed by atoms with Crippen molar-refractivity contribution >= 4 is 11.6 Å². The molecule has 0 unspecified atom stereocenters. The summed E-state index contributed by atoms with van der Waals surface area (Å²) < 4.78 is 0. The fourth-order valence-electron chi connectivity index (χ4n) is 1.33. The van der Waals surface area contributed by atoms with Crippen molar-refractivity contribution in [2.75, 3.05) is 0 Å². The number of aryl methyl sites for hydroxylation is 1. The zero-order chi connectivity index (χ0) is 9.68. The van der Waals surface area contributed by atoms with E-state index in [9.17, 15) is 0 Å². The normalized spacial score (nSPS) is 10.8. The molecule has 13 heavy (non-hydrogen) atoms. The van der Waals surface area contributed by atoms with Gasteiger partial charge in [-0.25, -0.2) is 0 Å². The molecule has 0 N–H and O–H groups in total. The highest BCUT2D eigenvalue weighted by Gasteiger charge is 1.99. The maximum absolute atomic E-state index is 6.01. The molecule has 1 aromatic rings. The smallest absolute Gasteiger partial charge is 0.0444 e. The fraction of sp³-hybridized carbons (Fsp3) is 0.500. The summed E-state index contributed by atoms with van der Waals surface area (Å²) in [6.07, 6.45) is 3.52. The molecule has 1 radical (unpaired) electrons. The van der Waals surface area contributed by atoms with Crippen LogP contribution in [0.4, 0.5) is 0 Å². The van der Waals surface area contributed by atoms with Crippen molar-refractivity contribution in [2.45, 2.75) is 33.1 Å². The number of rotatable bonds is 4. The van der Waals surface area contributed by atoms with E-state index in [1.807, 2.05) is 18.2 Å². The van der Waals surface area contributed by atoms with E-state index in [1.54, 1.807) is 0 Å². The molecule has 0 bridgehead atoms. The van der Waals surface area contributed by atoms with E-state index in [0.717, 1.165) is 22.9 Å². The summed E-state index contributed by atoms with van der Waals surface area (Å²) in [5.41, 5.74) is 1.16. The van der Waals surface area contributed by atoms with Gasteiger partial charge < -0.3 is 0 Å². The van der Waals surface area contributed by atoms with Gasteiger partial charge in [0.2, 0.25) is 0 Å². The van der Waals surface area contributed by atoms with Crippen LogP contribution >= 0.6 is 11.6 Å². The van der Waals surface area contributed by atoms with Crippen LogP contribution in [0.15, 0.2) is 18.2 Å². The third kappa shape index (κ3) is 3.82. The van der Waals surface area contributed by atoms with Crippen molar-refractivity contribution in [3.05, 3.63) is 34.9 Å². The van der Waals surface area contributed by atoms with E-state index >= 15 is 0 Å². The van der Waals surface area contributed by atoms with E-state index in [1.165, 1.54) is 12.8 Å². The summed E-state index contributed by atoms with van der Waals surface area (Å²) in [7, 11) is 0. The minimum atomic E-state index is 0.780. The average molecular weight is 196 g/mol. The van der Waals surface area contributed by atoms with Crippen LogP contribution in [0.25, 0.3) is 0 Å². The van der Waals surface area contributed by atoms with E-state index in [4.69, 9.17) is 11.6 Å². The van der Waals surface area contributed by atoms with Gasteiger partial charge in [-0.3, -0.25) is 0 Å². The highest BCUT2D eigenvalue weighted by molar-refractivity contribution is 6.31. The van der Waals surface area contributed by atoms with E-state index in [2.05, 4.69) is 19.9 Å². The lowest BCUT2D eigenvalue weighted by Gasteiger charge is -2.05. The molecule has 1 rings (SSSR count). The van der Waals surface area contributed by atoms with E-state index in [0.29, 0.717) is 0 Å². The van der Waals surface area contributed by atoms with Gasteiger partial charge in [-0.2, -0.15) is 0 Å². The Bertz CT molecular complexity index is 253. The summed E-state index contributed by atoms with van der Waals surface area (Å²) >= 11 is 6.01. The number of hydrogen-bond acceptors (Lipinski definition) is 0. The molecule has 1 aromatic carbocycles. The third-order valence-corrected chi connectivity index (χ3v) is 2.45. The van der Waals surface area contributed by atoms with Crippen LogP contribution in [0.3, 0.4) is 0 Å². The average Bonchev–Trinajstić information content (AvgIpc) is 2.08. The Morgan fingerprint density at radius 3 is 2.85 bits per heavy atom. The minimum absolute atomic E-state index is 0.780. The Morgan fingerprint density at radius 1 is 1.46 bits per heavy atom. The minimum Gasteiger partial charge on any atom is -0.0840 e. The molecular formula is C12H16Cl. The van der Waals surface area contributed by atoms with Crippen molar-refractivity contribution in [1.82, 2.24) is 0 Å². The van der Waals surface area contributed by atoms with Crippen LogP contribution in [0.1, 0.15) is 32.3 Å². The highest BCUT2D eigenvalue weighted by Crippen LogP contribution is 2.17. The van der Waals surface area contributed by atoms with E-state index < -0.39 is 0 Å². The summed E-state index contributed by atoms with van der Waals surface area (Å²) in [6.45, 7) is 4.49. The number of halogens is 1. The number of hydrogen-bond donors (Lipinski definition) is 0. The lowest BCUT2D eigenvalue weighted by atomic mass is 10.0. The Hall–Kier alpha value is -0.490. The van der Waals surface area contributed by atoms with Gasteiger partial charge in [0.1, 0.15) is 0 Å². The SMILES string of the molecule is CC(C)CCCc1[c]cccc1Cl. The zero-order valence-electron chi connectivity index (χ0n) is 8.31. The zero-order valence-corrected chi connectivity index (χ0v) is 9.06. The first-order valence-corrected chi connectivity index (χ1v) is 5.23. The van der Waals surface area contributed by atoms with Gasteiger partial charge in [0.15, 0.2) is 0 Å². The molecule has 0 aliphatic rings. The van der Waals surface area contributed by atoms with E-state index in [-0.39, 0.29) is 0 Å². The van der Waals surface area contributed by atoms with Gasteiger partial charge in [-0.15, -0.1) is 0 Å². The molecule has 1 heteroatoms. The molecule has 0 amide bonds. The summed E-state index contributed by atoms with van der Waals surface area (Å²) in [4.78, 5) is 0. The van der Waals surface area contributed by atoms with Gasteiger partial charge in [0.05, 0.1) is 0 Å². The van der Waals surface area contributed by atoms with Gasteiger partial charge >= 0.3 is 0 Å². The predicted molar refractivity (Wildman–Crippen MR) is 58.1 cm³/mol. The molecule has 0 aromatic heterocycles. The van der Waals surface area contributed by atoms with Gasteiger partial charge in [-0.05, 0) is 36.5 Å². The molecule has 0 saturated heterocycles. The maximum Gasteiger partial charge on any atom is 0.0444 e. The molecule has 0 fully saturated rings. The van der Waals surface area contributed by atoms with Crippen LogP contribution in [0, 0.1) is 12.0 Å². The molecule has 0 spiro atoms. The molecule has 71 valence electrons. The first-order chi connectivity index (χ1) is 6.20. The standard InChI is InChI=1S/C12H16Cl/c1-10(2)6-5-8-11-7-3-4-9-12(11)13/h3-4,9-10H,5-6,8H2,1-2H3. The Morgan fingerprint density at radius 2 is 2.23 bits per heavy atom. The largest absolute Gasteiger partial charge is 0.0840 e. The Labute approximate surface area is 85.9 Å². The molecule has 0 aliphatic carbocycles. The maximum atomic E-state index is 6.01. The van der Waals surface area contributed by atoms with Crippen molar-refractivity contribution in [2.24, 2.45) is 5.92 Å². The van der Waals surface area contributed by atoms with Crippen molar-refractivity contribution in [3.8, 4) is 0 Å². The molecule has 0 aliphatic heterocycles. The Balaban J connectivity index is 2.41. The molecule has 0 heterocycles. The van der Waals surface area contributed by atoms with Crippen molar-refractivity contribution in [3.63, 3.8) is 0 Å². The topological polar surface area (TPSA) is 0 Å². The molecule has 0 nitrogen and oxygen atoms in total. The van der Waals surface area contributed by atoms with Crippen LogP contribution in [-0.4, -0.2) is 0 Å². The summed E-state index contributed by atoms with van der Waals surface area (Å²) in [5.74, 6) is 0.780. The van der Waals surface area contributed by atoms with Gasteiger partial charge in [-0.1, -0.05) is 44.0 Å². The monoisotopic (exact) mass is 195 g/mol. The second-order valence-corrected chi connectivity index (χ2v) is 4.19.